The van der Waals surface area contributed by atoms with E-state index >= 15 is 0 Å². The average molecular weight is 624 g/mol. The van der Waals surface area contributed by atoms with Crippen molar-refractivity contribution in [1.82, 2.24) is 9.66 Å². The van der Waals surface area contributed by atoms with Gasteiger partial charge in [0.15, 0.2) is 6.10 Å². The second-order valence-corrected chi connectivity index (χ2v) is 10.2. The zero-order chi connectivity index (χ0) is 23.5. The van der Waals surface area contributed by atoms with Gasteiger partial charge in [0.2, 0.25) is 0 Å². The number of fused-ring (bicyclic) bond motifs is 1. The molecule has 0 saturated heterocycles. The Hall–Kier alpha value is -2.27. The number of carboxylic acids is 1. The van der Waals surface area contributed by atoms with Crippen LogP contribution >= 0.6 is 38.5 Å². The third-order valence-electron chi connectivity index (χ3n) is 5.73. The van der Waals surface area contributed by atoms with Crippen LogP contribution in [0.1, 0.15) is 56.3 Å². The maximum atomic E-state index is 13.4. The molecule has 1 aliphatic rings. The Kier molecular flexibility index (Phi) is 7.48. The van der Waals surface area contributed by atoms with Crippen LogP contribution < -0.4 is 10.3 Å². The van der Waals surface area contributed by atoms with Crippen molar-refractivity contribution >= 4 is 61.6 Å². The lowest BCUT2D eigenvalue weighted by atomic mass is 9.88. The summed E-state index contributed by atoms with van der Waals surface area (Å²) in [6.07, 6.45) is 6.13. The second kappa shape index (κ2) is 10.3. The van der Waals surface area contributed by atoms with Crippen molar-refractivity contribution in [3.63, 3.8) is 0 Å². The molecule has 0 unspecified atom stereocenters. The summed E-state index contributed by atoms with van der Waals surface area (Å²) in [6.45, 7) is 1.48. The maximum absolute atomic E-state index is 13.4. The van der Waals surface area contributed by atoms with E-state index in [1.54, 1.807) is 24.4 Å². The molecule has 0 amide bonds. The first kappa shape index (κ1) is 23.9. The molecule has 7 nitrogen and oxygen atoms in total. The molecule has 1 fully saturated rings. The Morgan fingerprint density at radius 2 is 2.03 bits per heavy atom. The van der Waals surface area contributed by atoms with Crippen LogP contribution in [0.3, 0.4) is 0 Å². The fourth-order valence-corrected chi connectivity index (χ4v) is 4.99. The van der Waals surface area contributed by atoms with Crippen LogP contribution in [0.15, 0.2) is 50.8 Å². The molecule has 9 heteroatoms. The molecule has 0 spiro atoms. The smallest absolute Gasteiger partial charge is 0.344 e. The van der Waals surface area contributed by atoms with E-state index in [4.69, 9.17) is 14.8 Å². The molecule has 3 aromatic rings. The van der Waals surface area contributed by atoms with Crippen molar-refractivity contribution in [3.05, 3.63) is 66.2 Å². The van der Waals surface area contributed by atoms with E-state index < -0.39 is 12.1 Å². The quantitative estimate of drug-likeness (QED) is 0.287. The highest BCUT2D eigenvalue weighted by atomic mass is 127. The first-order chi connectivity index (χ1) is 15.8. The van der Waals surface area contributed by atoms with Crippen molar-refractivity contribution in [2.45, 2.75) is 51.0 Å². The zero-order valence-corrected chi connectivity index (χ0v) is 21.7. The van der Waals surface area contributed by atoms with Crippen molar-refractivity contribution in [1.29, 1.82) is 0 Å². The molecule has 1 heterocycles. The van der Waals surface area contributed by atoms with Gasteiger partial charge in [-0.1, -0.05) is 35.2 Å². The number of hydrogen-bond donors (Lipinski definition) is 1. The standard InChI is InChI=1S/C24H23BrIN3O4/c1-14(24(31)32)33-21-10-7-15(11-19(21)26)13-27-29-22(16-5-3-2-4-6-16)28-20-9-8-17(25)12-18(20)23(29)30/h7-14,16H,2-6H2,1H3,(H,31,32)/t14-/m0/s1. The summed E-state index contributed by atoms with van der Waals surface area (Å²) in [5, 5.41) is 14.1. The summed E-state index contributed by atoms with van der Waals surface area (Å²) in [5.74, 6) is 0.363. The fraction of sp³-hybridized carbons (Fsp3) is 0.333. The molecular weight excluding hydrogens is 601 g/mol. The summed E-state index contributed by atoms with van der Waals surface area (Å²) in [6, 6.07) is 10.9. The number of rotatable bonds is 6. The van der Waals surface area contributed by atoms with E-state index in [1.807, 2.05) is 18.2 Å². The lowest BCUT2D eigenvalue weighted by Gasteiger charge is -2.22. The van der Waals surface area contributed by atoms with Crippen LogP contribution in [-0.2, 0) is 4.79 Å². The molecule has 1 N–H and O–H groups in total. The van der Waals surface area contributed by atoms with Crippen molar-refractivity contribution in [3.8, 4) is 5.75 Å². The number of nitrogens with zero attached hydrogens (tertiary/aromatic N) is 3. The Labute approximate surface area is 213 Å². The van der Waals surface area contributed by atoms with E-state index in [0.29, 0.717) is 22.5 Å². The summed E-state index contributed by atoms with van der Waals surface area (Å²) >= 11 is 5.53. The van der Waals surface area contributed by atoms with Crippen LogP contribution in [0.5, 0.6) is 5.75 Å². The van der Waals surface area contributed by atoms with Crippen molar-refractivity contribution < 1.29 is 14.6 Å². The van der Waals surface area contributed by atoms with Crippen molar-refractivity contribution in [2.24, 2.45) is 5.10 Å². The molecular formula is C24H23BrIN3O4. The van der Waals surface area contributed by atoms with E-state index in [-0.39, 0.29) is 11.5 Å². The van der Waals surface area contributed by atoms with Crippen molar-refractivity contribution in [2.75, 3.05) is 0 Å². The summed E-state index contributed by atoms with van der Waals surface area (Å²) in [4.78, 5) is 29.3. The summed E-state index contributed by atoms with van der Waals surface area (Å²) in [7, 11) is 0. The molecule has 0 bridgehead atoms. The van der Waals surface area contributed by atoms with Gasteiger partial charge in [-0.2, -0.15) is 9.78 Å². The third-order valence-corrected chi connectivity index (χ3v) is 7.07. The lowest BCUT2D eigenvalue weighted by molar-refractivity contribution is -0.144. The number of carbonyl (C=O) groups is 1. The minimum atomic E-state index is -1.03. The number of halogens is 2. The molecule has 0 aliphatic heterocycles. The van der Waals surface area contributed by atoms with Gasteiger partial charge in [-0.3, -0.25) is 4.79 Å². The molecule has 33 heavy (non-hydrogen) atoms. The van der Waals surface area contributed by atoms with Gasteiger partial charge in [0.25, 0.3) is 5.56 Å². The van der Waals surface area contributed by atoms with Gasteiger partial charge in [-0.15, -0.1) is 0 Å². The predicted octanol–water partition coefficient (Wildman–Crippen LogP) is 5.55. The molecule has 172 valence electrons. The molecule has 1 aromatic heterocycles. The number of aromatic nitrogens is 2. The van der Waals surface area contributed by atoms with Crippen LogP contribution in [0.2, 0.25) is 0 Å². The molecule has 1 atom stereocenters. The molecule has 1 aliphatic carbocycles. The number of hydrogen-bond acceptors (Lipinski definition) is 5. The van der Waals surface area contributed by atoms with Crippen LogP contribution in [0.4, 0.5) is 0 Å². The first-order valence-electron chi connectivity index (χ1n) is 10.8. The molecule has 4 rings (SSSR count). The van der Waals surface area contributed by atoms with Gasteiger partial charge in [-0.05, 0) is 84.3 Å². The second-order valence-electron chi connectivity index (χ2n) is 8.12. The van der Waals surface area contributed by atoms with Gasteiger partial charge in [0, 0.05) is 10.4 Å². The minimum Gasteiger partial charge on any atom is -0.479 e. The number of aliphatic carboxylic acids is 1. The van der Waals surface area contributed by atoms with Gasteiger partial charge in [0.05, 0.1) is 20.7 Å². The zero-order valence-electron chi connectivity index (χ0n) is 18.0. The topological polar surface area (TPSA) is 93.8 Å². The Balaban J connectivity index is 1.72. The molecule has 2 aromatic carbocycles. The van der Waals surface area contributed by atoms with E-state index in [9.17, 15) is 9.59 Å². The van der Waals surface area contributed by atoms with E-state index in [0.717, 1.165) is 39.3 Å². The molecule has 1 saturated carbocycles. The van der Waals surface area contributed by atoms with Gasteiger partial charge in [-0.25, -0.2) is 9.78 Å². The van der Waals surface area contributed by atoms with E-state index in [2.05, 4.69) is 43.6 Å². The Morgan fingerprint density at radius 1 is 1.27 bits per heavy atom. The highest BCUT2D eigenvalue weighted by Gasteiger charge is 2.22. The van der Waals surface area contributed by atoms with Gasteiger partial charge < -0.3 is 9.84 Å². The maximum Gasteiger partial charge on any atom is 0.344 e. The lowest BCUT2D eigenvalue weighted by Crippen LogP contribution is -2.25. The largest absolute Gasteiger partial charge is 0.479 e. The molecule has 0 radical (unpaired) electrons. The first-order valence-corrected chi connectivity index (χ1v) is 12.7. The van der Waals surface area contributed by atoms with Gasteiger partial charge >= 0.3 is 5.97 Å². The highest BCUT2D eigenvalue weighted by Crippen LogP contribution is 2.32. The third kappa shape index (κ3) is 5.46. The summed E-state index contributed by atoms with van der Waals surface area (Å²) < 4.78 is 8.49. The van der Waals surface area contributed by atoms with Crippen LogP contribution in [-0.4, -0.2) is 33.1 Å². The van der Waals surface area contributed by atoms with E-state index in [1.165, 1.54) is 18.0 Å². The number of carboxylic acid groups (broad SMARTS) is 1. The summed E-state index contributed by atoms with van der Waals surface area (Å²) in [5.41, 5.74) is 1.26. The monoisotopic (exact) mass is 623 g/mol. The number of ether oxygens (including phenoxy) is 1. The normalized spacial score (nSPS) is 15.7. The SMILES string of the molecule is C[C@H](Oc1ccc(C=Nn2c(C3CCCCC3)nc3ccc(Br)cc3c2=O)cc1I)C(=O)O. The average Bonchev–Trinajstić information content (AvgIpc) is 2.80. The Bertz CT molecular complexity index is 1280. The van der Waals surface area contributed by atoms with Crippen LogP contribution in [0.25, 0.3) is 10.9 Å². The minimum absolute atomic E-state index is 0.192. The van der Waals surface area contributed by atoms with Gasteiger partial charge in [0.1, 0.15) is 11.6 Å². The van der Waals surface area contributed by atoms with Crippen LogP contribution in [0, 0.1) is 3.57 Å². The highest BCUT2D eigenvalue weighted by molar-refractivity contribution is 14.1. The number of benzene rings is 2. The fourth-order valence-electron chi connectivity index (χ4n) is 3.96. The predicted molar refractivity (Wildman–Crippen MR) is 139 cm³/mol. The Morgan fingerprint density at radius 3 is 2.73 bits per heavy atom.